The van der Waals surface area contributed by atoms with E-state index in [0.29, 0.717) is 40.2 Å². The highest BCUT2D eigenvalue weighted by molar-refractivity contribution is 6.15. The molecule has 0 spiro atoms. The van der Waals surface area contributed by atoms with Crippen molar-refractivity contribution in [1.29, 1.82) is 0 Å². The van der Waals surface area contributed by atoms with Crippen LogP contribution in [0.5, 0.6) is 11.5 Å². The van der Waals surface area contributed by atoms with E-state index in [1.807, 2.05) is 39.5 Å². The van der Waals surface area contributed by atoms with Crippen molar-refractivity contribution in [3.05, 3.63) is 46.6 Å². The second-order valence-corrected chi connectivity index (χ2v) is 7.89. The van der Waals surface area contributed by atoms with Gasteiger partial charge < -0.3 is 25.4 Å². The van der Waals surface area contributed by atoms with Crippen LogP contribution in [0.25, 0.3) is 27.6 Å². The summed E-state index contributed by atoms with van der Waals surface area (Å²) in [5.41, 5.74) is 3.62. The van der Waals surface area contributed by atoms with Gasteiger partial charge in [-0.25, -0.2) is 4.99 Å². The zero-order chi connectivity index (χ0) is 21.4. The minimum absolute atomic E-state index is 0.00426. The first-order chi connectivity index (χ1) is 14.4. The van der Waals surface area contributed by atoms with E-state index in [1.54, 1.807) is 12.1 Å². The molecule has 0 saturated heterocycles. The number of nitrogens with zero attached hydrogens (tertiary/aromatic N) is 2. The number of phenolic OH excluding ortho intramolecular Hbond substituents is 2. The van der Waals surface area contributed by atoms with Crippen molar-refractivity contribution < 1.29 is 15.0 Å². The molecule has 0 fully saturated rings. The van der Waals surface area contributed by atoms with Crippen LogP contribution in [0.2, 0.25) is 0 Å². The number of hydrogen-bond donors (Lipinski definition) is 4. The largest absolute Gasteiger partial charge is 0.507 e. The summed E-state index contributed by atoms with van der Waals surface area (Å²) in [6.45, 7) is 1.49. The maximum Gasteiger partial charge on any atom is 0.274 e. The average Bonchev–Trinajstić information content (AvgIpc) is 3.26. The maximum absolute atomic E-state index is 12.3. The summed E-state index contributed by atoms with van der Waals surface area (Å²) in [6.07, 6.45) is 3.22. The molecule has 0 atom stereocenters. The number of phenols is 2. The minimum Gasteiger partial charge on any atom is -0.507 e. The maximum atomic E-state index is 12.3. The van der Waals surface area contributed by atoms with E-state index in [4.69, 9.17) is 0 Å². The van der Waals surface area contributed by atoms with E-state index in [2.05, 4.69) is 20.2 Å². The van der Waals surface area contributed by atoms with Crippen molar-refractivity contribution in [3.8, 4) is 22.6 Å². The number of fused-ring (bicyclic) bond motifs is 2. The first kappa shape index (κ1) is 20.1. The van der Waals surface area contributed by atoms with Crippen LogP contribution in [0, 0.1) is 0 Å². The van der Waals surface area contributed by atoms with Gasteiger partial charge in [-0.3, -0.25) is 4.79 Å². The van der Waals surface area contributed by atoms with Gasteiger partial charge in [-0.05, 0) is 75.9 Å². The van der Waals surface area contributed by atoms with Crippen LogP contribution in [0.4, 0.5) is 0 Å². The molecule has 0 unspecified atom stereocenters. The Morgan fingerprint density at radius 1 is 1.17 bits per heavy atom. The molecule has 4 N–H and O–H groups in total. The lowest BCUT2D eigenvalue weighted by atomic mass is 9.98. The summed E-state index contributed by atoms with van der Waals surface area (Å²) in [5.74, 6) is -0.154. The fraction of sp³-hybridized carbons (Fsp3) is 0.304. The summed E-state index contributed by atoms with van der Waals surface area (Å²) in [4.78, 5) is 21.8. The zero-order valence-electron chi connectivity index (χ0n) is 17.4. The molecule has 2 aromatic carbocycles. The highest BCUT2D eigenvalue weighted by Crippen LogP contribution is 2.38. The number of aromatic nitrogens is 1. The van der Waals surface area contributed by atoms with E-state index in [0.717, 1.165) is 29.4 Å². The van der Waals surface area contributed by atoms with Crippen molar-refractivity contribution in [2.24, 2.45) is 4.99 Å². The molecule has 0 aliphatic carbocycles. The van der Waals surface area contributed by atoms with Gasteiger partial charge in [0.2, 0.25) is 0 Å². The molecule has 156 valence electrons. The number of aromatic amines is 1. The predicted octanol–water partition coefficient (Wildman–Crippen LogP) is 1.27. The summed E-state index contributed by atoms with van der Waals surface area (Å²) >= 11 is 0. The molecule has 0 radical (unpaired) electrons. The number of carbonyl (C=O) groups is 1. The molecule has 7 heteroatoms. The van der Waals surface area contributed by atoms with Crippen LogP contribution in [-0.2, 0) is 11.2 Å². The van der Waals surface area contributed by atoms with E-state index >= 15 is 0 Å². The molecule has 30 heavy (non-hydrogen) atoms. The molecule has 1 aliphatic rings. The Kier molecular flexibility index (Phi) is 5.32. The topological polar surface area (TPSA) is 101 Å². The summed E-state index contributed by atoms with van der Waals surface area (Å²) < 4.78 is 0. The number of rotatable bonds is 7. The lowest BCUT2D eigenvalue weighted by molar-refractivity contribution is -0.112. The number of carbonyl (C=O) groups excluding carboxylic acids is 1. The van der Waals surface area contributed by atoms with Crippen molar-refractivity contribution in [1.82, 2.24) is 15.2 Å². The second kappa shape index (κ2) is 7.93. The SMILES string of the molecule is CNCCC1=c2c(O)cc(-c3ccc4[nH]cc(CCN(C)C)c4c3O)cc2=NC1=O. The quantitative estimate of drug-likeness (QED) is 0.473. The molecule has 0 bridgehead atoms. The third-order valence-corrected chi connectivity index (χ3v) is 5.54. The van der Waals surface area contributed by atoms with E-state index in [-0.39, 0.29) is 17.4 Å². The van der Waals surface area contributed by atoms with Crippen LogP contribution in [0.1, 0.15) is 12.0 Å². The van der Waals surface area contributed by atoms with Crippen molar-refractivity contribution in [2.75, 3.05) is 34.2 Å². The molecular formula is C23H26N4O3. The standard InChI is InChI=1S/C23H26N4O3/c1-24-8-6-16-21-18(26-23(16)30)10-14(11-19(21)28)15-4-5-17-20(22(15)29)13(12-25-17)7-9-27(2)3/h4-5,10-12,24-25,28-29H,6-9H2,1-3H3. The summed E-state index contributed by atoms with van der Waals surface area (Å²) in [5, 5.41) is 26.5. The number of likely N-dealkylation sites (N-methyl/N-ethyl adjacent to an activating group) is 1. The highest BCUT2D eigenvalue weighted by Gasteiger charge is 2.21. The Labute approximate surface area is 174 Å². The Bertz CT molecular complexity index is 1260. The van der Waals surface area contributed by atoms with Crippen LogP contribution in [0.15, 0.2) is 35.5 Å². The van der Waals surface area contributed by atoms with Gasteiger partial charge in [-0.1, -0.05) is 0 Å². The smallest absolute Gasteiger partial charge is 0.274 e. The summed E-state index contributed by atoms with van der Waals surface area (Å²) in [6, 6.07) is 7.08. The van der Waals surface area contributed by atoms with Gasteiger partial charge >= 0.3 is 0 Å². The van der Waals surface area contributed by atoms with Gasteiger partial charge in [-0.15, -0.1) is 0 Å². The van der Waals surface area contributed by atoms with Crippen LogP contribution in [0.3, 0.4) is 0 Å². The normalized spacial score (nSPS) is 13.3. The summed E-state index contributed by atoms with van der Waals surface area (Å²) in [7, 11) is 5.84. The van der Waals surface area contributed by atoms with Gasteiger partial charge in [0, 0.05) is 34.8 Å². The molecule has 4 rings (SSSR count). The molecule has 1 aromatic heterocycles. The van der Waals surface area contributed by atoms with Gasteiger partial charge in [0.05, 0.1) is 10.6 Å². The molecular weight excluding hydrogens is 380 g/mol. The van der Waals surface area contributed by atoms with Gasteiger partial charge in [0.25, 0.3) is 5.91 Å². The first-order valence-corrected chi connectivity index (χ1v) is 10.0. The Morgan fingerprint density at radius 2 is 1.97 bits per heavy atom. The van der Waals surface area contributed by atoms with E-state index in [9.17, 15) is 15.0 Å². The van der Waals surface area contributed by atoms with Crippen molar-refractivity contribution in [3.63, 3.8) is 0 Å². The lowest BCUT2D eigenvalue weighted by Crippen LogP contribution is -2.24. The molecule has 1 amide bonds. The fourth-order valence-corrected chi connectivity index (χ4v) is 3.98. The third-order valence-electron chi connectivity index (χ3n) is 5.54. The monoisotopic (exact) mass is 406 g/mol. The van der Waals surface area contributed by atoms with E-state index < -0.39 is 0 Å². The molecule has 7 nitrogen and oxygen atoms in total. The predicted molar refractivity (Wildman–Crippen MR) is 117 cm³/mol. The van der Waals surface area contributed by atoms with Crippen LogP contribution in [-0.4, -0.2) is 60.2 Å². The number of amides is 1. The van der Waals surface area contributed by atoms with Crippen LogP contribution >= 0.6 is 0 Å². The average molecular weight is 406 g/mol. The van der Waals surface area contributed by atoms with Crippen LogP contribution < -0.4 is 15.9 Å². The van der Waals surface area contributed by atoms with Gasteiger partial charge in [-0.2, -0.15) is 0 Å². The Morgan fingerprint density at radius 3 is 2.70 bits per heavy atom. The molecule has 3 aromatic rings. The Hall–Kier alpha value is -3.16. The number of H-pyrrole nitrogens is 1. The van der Waals surface area contributed by atoms with Crippen molar-refractivity contribution >= 4 is 22.4 Å². The van der Waals surface area contributed by atoms with Gasteiger partial charge in [0.1, 0.15) is 11.5 Å². The molecule has 1 aliphatic heterocycles. The fourth-order valence-electron chi connectivity index (χ4n) is 3.98. The number of nitrogens with one attached hydrogen (secondary N) is 2. The van der Waals surface area contributed by atoms with Crippen molar-refractivity contribution in [2.45, 2.75) is 12.8 Å². The highest BCUT2D eigenvalue weighted by atomic mass is 16.3. The number of benzene rings is 2. The van der Waals surface area contributed by atoms with Gasteiger partial charge in [0.15, 0.2) is 0 Å². The lowest BCUT2D eigenvalue weighted by Gasteiger charge is -2.11. The third kappa shape index (κ3) is 3.46. The zero-order valence-corrected chi connectivity index (χ0v) is 17.4. The molecule has 0 saturated carbocycles. The number of aromatic hydroxyl groups is 2. The first-order valence-electron chi connectivity index (χ1n) is 10.0. The minimum atomic E-state index is -0.316. The molecule has 2 heterocycles. The second-order valence-electron chi connectivity index (χ2n) is 7.89. The number of hydrogen-bond acceptors (Lipinski definition) is 5. The van der Waals surface area contributed by atoms with E-state index in [1.165, 1.54) is 0 Å². The Balaban J connectivity index is 1.84.